The molecule has 0 saturated heterocycles. The Kier molecular flexibility index (Phi) is 7.86. The maximum absolute atomic E-state index is 13.6. The molecule has 9 nitrogen and oxygen atoms in total. The van der Waals surface area contributed by atoms with E-state index in [1.807, 2.05) is 0 Å². The predicted octanol–water partition coefficient (Wildman–Crippen LogP) is 8.39. The number of halogens is 6. The number of benzene rings is 3. The number of hydrogen-bond donors (Lipinski definition) is 1. The van der Waals surface area contributed by atoms with Gasteiger partial charge in [-0.1, -0.05) is 42.5 Å². The van der Waals surface area contributed by atoms with E-state index in [1.165, 1.54) is 12.2 Å². The Hall–Kier alpha value is -5.78. The lowest BCUT2D eigenvalue weighted by Gasteiger charge is -2.09. The van der Waals surface area contributed by atoms with E-state index >= 15 is 0 Å². The number of aliphatic hydroxyl groups is 1. The fraction of sp³-hybridized carbons (Fsp3) is 0.111. The van der Waals surface area contributed by atoms with Crippen LogP contribution >= 0.6 is 22.7 Å². The van der Waals surface area contributed by atoms with Gasteiger partial charge in [-0.05, 0) is 58.7 Å². The molecule has 2 aliphatic carbocycles. The van der Waals surface area contributed by atoms with Gasteiger partial charge in [0.05, 0.1) is 20.5 Å². The number of aromatic nitrogens is 3. The number of Topliss-reactive ketones (excluding diaryl/α,β-unsaturated/α-hetero) is 3. The first-order chi connectivity index (χ1) is 25.1. The Morgan fingerprint density at radius 2 is 1.32 bits per heavy atom. The number of thiazole rings is 2. The summed E-state index contributed by atoms with van der Waals surface area (Å²) in [6, 6.07) is 13.7. The highest BCUT2D eigenvalue weighted by Crippen LogP contribution is 2.44. The van der Waals surface area contributed by atoms with E-state index in [-0.39, 0.29) is 55.8 Å². The molecule has 0 radical (unpaired) electrons. The SMILES string of the molecule is O=C1C(=O)c2cc(C(F)(F)F)ccc2/C1=C/c1nc2c(s1)c1sc(/C=C3\C(=O)C(O)c4cc(C(F)(F)F)ccc43)nc1n2C(=O)OCc1ccccc1. The standard InChI is InChI=1S/C36H17F6N3O6S2/c37-35(38,39)16-6-8-18-20(10-16)26(46)28(48)22(18)12-24-43-32-30(52-24)31-33(45(32)34(50)51-14-15-4-2-1-3-5-15)44-25(53-31)13-23-19-9-7-17(36(40,41)42)11-21(19)27(47)29(23)49/h1-13,26,46H,14H2/b22-12-,23-13-. The summed E-state index contributed by atoms with van der Waals surface area (Å²) in [6.07, 6.45) is -9.66. The van der Waals surface area contributed by atoms with E-state index in [0.717, 1.165) is 51.5 Å². The van der Waals surface area contributed by atoms with Crippen molar-refractivity contribution >= 4 is 90.1 Å². The number of allylic oxidation sites excluding steroid dienone is 1. The topological polar surface area (TPSA) is 128 Å². The van der Waals surface area contributed by atoms with Gasteiger partial charge in [-0.3, -0.25) is 14.4 Å². The molecule has 0 spiro atoms. The van der Waals surface area contributed by atoms with Crippen molar-refractivity contribution < 1.29 is 55.4 Å². The van der Waals surface area contributed by atoms with Crippen LogP contribution in [0.4, 0.5) is 31.1 Å². The van der Waals surface area contributed by atoms with Gasteiger partial charge in [0.2, 0.25) is 11.6 Å². The molecule has 0 aliphatic heterocycles. The van der Waals surface area contributed by atoms with Crippen molar-refractivity contribution in [1.82, 2.24) is 14.5 Å². The summed E-state index contributed by atoms with van der Waals surface area (Å²) in [4.78, 5) is 61.3. The van der Waals surface area contributed by atoms with Crippen LogP contribution in [0.15, 0.2) is 66.7 Å². The van der Waals surface area contributed by atoms with Crippen molar-refractivity contribution in [3.05, 3.63) is 116 Å². The zero-order valence-electron chi connectivity index (χ0n) is 26.2. The molecule has 0 amide bonds. The molecular formula is C36H17F6N3O6S2. The second kappa shape index (κ2) is 12.1. The van der Waals surface area contributed by atoms with Gasteiger partial charge in [0, 0.05) is 16.7 Å². The fourth-order valence-electron chi connectivity index (χ4n) is 6.12. The molecule has 17 heteroatoms. The third kappa shape index (κ3) is 5.76. The number of nitrogens with zero attached hydrogens (tertiary/aromatic N) is 3. The van der Waals surface area contributed by atoms with Gasteiger partial charge in [-0.15, -0.1) is 22.7 Å². The molecule has 3 aromatic carbocycles. The second-order valence-electron chi connectivity index (χ2n) is 11.9. The highest BCUT2D eigenvalue weighted by Gasteiger charge is 2.40. The number of carbonyl (C=O) groups is 4. The first-order valence-electron chi connectivity index (χ1n) is 15.3. The number of aliphatic hydroxyl groups excluding tert-OH is 1. The van der Waals surface area contributed by atoms with E-state index in [0.29, 0.717) is 27.1 Å². The summed E-state index contributed by atoms with van der Waals surface area (Å²) in [6.45, 7) is -0.140. The summed E-state index contributed by atoms with van der Waals surface area (Å²) in [5.41, 5.74) is -2.21. The predicted molar refractivity (Wildman–Crippen MR) is 181 cm³/mol. The maximum Gasteiger partial charge on any atom is 0.421 e. The summed E-state index contributed by atoms with van der Waals surface area (Å²) >= 11 is 1.97. The normalized spacial score (nSPS) is 17.5. The number of fused-ring (bicyclic) bond motifs is 5. The molecule has 53 heavy (non-hydrogen) atoms. The number of ketones is 3. The molecule has 266 valence electrons. The summed E-state index contributed by atoms with van der Waals surface area (Å²) in [5.74, 6) is -3.00. The summed E-state index contributed by atoms with van der Waals surface area (Å²) in [7, 11) is 0. The van der Waals surface area contributed by atoms with Crippen molar-refractivity contribution in [3.8, 4) is 0 Å². The van der Waals surface area contributed by atoms with E-state index < -0.39 is 58.6 Å². The molecule has 6 aromatic rings. The number of rotatable bonds is 4. The highest BCUT2D eigenvalue weighted by molar-refractivity contribution is 7.27. The molecule has 3 aromatic heterocycles. The van der Waals surface area contributed by atoms with Gasteiger partial charge in [-0.25, -0.2) is 19.3 Å². The molecule has 0 fully saturated rings. The van der Waals surface area contributed by atoms with Crippen molar-refractivity contribution in [2.24, 2.45) is 0 Å². The van der Waals surface area contributed by atoms with Gasteiger partial charge in [-0.2, -0.15) is 26.3 Å². The van der Waals surface area contributed by atoms with Gasteiger partial charge in [0.1, 0.15) is 22.7 Å². The third-order valence-corrected chi connectivity index (χ3v) is 10.8. The largest absolute Gasteiger partial charge is 0.444 e. The first kappa shape index (κ1) is 34.3. The van der Waals surface area contributed by atoms with E-state index in [4.69, 9.17) is 4.74 Å². The molecule has 1 atom stereocenters. The van der Waals surface area contributed by atoms with Crippen LogP contribution in [0.2, 0.25) is 0 Å². The Balaban J connectivity index is 1.24. The lowest BCUT2D eigenvalue weighted by molar-refractivity contribution is -0.138. The van der Waals surface area contributed by atoms with Crippen LogP contribution in [0.1, 0.15) is 59.9 Å². The lowest BCUT2D eigenvalue weighted by Crippen LogP contribution is -2.14. The average Bonchev–Trinajstić information content (AvgIpc) is 3.89. The fourth-order valence-corrected chi connectivity index (χ4v) is 8.23. The zero-order valence-corrected chi connectivity index (χ0v) is 27.8. The average molecular weight is 766 g/mol. The Morgan fingerprint density at radius 3 is 1.92 bits per heavy atom. The van der Waals surface area contributed by atoms with Crippen LogP contribution in [0.3, 0.4) is 0 Å². The summed E-state index contributed by atoms with van der Waals surface area (Å²) in [5, 5.41) is 10.8. The minimum Gasteiger partial charge on any atom is -0.444 e. The van der Waals surface area contributed by atoms with Gasteiger partial charge >= 0.3 is 18.4 Å². The minimum absolute atomic E-state index is 0.0130. The zero-order chi connectivity index (χ0) is 37.6. The number of hydrogen-bond acceptors (Lipinski definition) is 10. The molecule has 0 saturated carbocycles. The highest BCUT2D eigenvalue weighted by atomic mass is 32.1. The molecule has 8 rings (SSSR count). The first-order valence-corrected chi connectivity index (χ1v) is 16.9. The number of ether oxygens (including phenoxy) is 1. The quantitative estimate of drug-likeness (QED) is 0.108. The van der Waals surface area contributed by atoms with Gasteiger partial charge < -0.3 is 9.84 Å². The second-order valence-corrected chi connectivity index (χ2v) is 13.9. The van der Waals surface area contributed by atoms with E-state index in [9.17, 15) is 50.6 Å². The number of alkyl halides is 6. The summed E-state index contributed by atoms with van der Waals surface area (Å²) < 4.78 is 87.4. The number of carbonyl (C=O) groups excluding carboxylic acids is 4. The van der Waals surface area contributed by atoms with Crippen molar-refractivity contribution in [2.75, 3.05) is 0 Å². The van der Waals surface area contributed by atoms with Gasteiger partial charge in [0.25, 0.3) is 0 Å². The molecular weight excluding hydrogens is 749 g/mol. The van der Waals surface area contributed by atoms with E-state index in [1.54, 1.807) is 30.3 Å². The van der Waals surface area contributed by atoms with Gasteiger partial charge in [0.15, 0.2) is 17.1 Å². The Labute approximate surface area is 300 Å². The van der Waals surface area contributed by atoms with Crippen LogP contribution in [-0.2, 0) is 33.3 Å². The van der Waals surface area contributed by atoms with Crippen LogP contribution < -0.4 is 0 Å². The van der Waals surface area contributed by atoms with Crippen LogP contribution in [0.5, 0.6) is 0 Å². The van der Waals surface area contributed by atoms with Crippen molar-refractivity contribution in [2.45, 2.75) is 25.1 Å². The smallest absolute Gasteiger partial charge is 0.421 e. The van der Waals surface area contributed by atoms with Crippen molar-refractivity contribution in [1.29, 1.82) is 0 Å². The van der Waals surface area contributed by atoms with Crippen molar-refractivity contribution in [3.63, 3.8) is 0 Å². The molecule has 1 N–H and O–H groups in total. The molecule has 0 bridgehead atoms. The Bertz CT molecular complexity index is 2650. The van der Waals surface area contributed by atoms with Crippen LogP contribution in [0.25, 0.3) is 44.0 Å². The lowest BCUT2D eigenvalue weighted by atomic mass is 10.0. The molecule has 2 aliphatic rings. The third-order valence-electron chi connectivity index (χ3n) is 8.61. The molecule has 1 unspecified atom stereocenters. The van der Waals surface area contributed by atoms with E-state index in [2.05, 4.69) is 9.97 Å². The Morgan fingerprint density at radius 1 is 0.755 bits per heavy atom. The molecule has 3 heterocycles. The maximum atomic E-state index is 13.6. The minimum atomic E-state index is -4.74. The monoisotopic (exact) mass is 765 g/mol. The van der Waals surface area contributed by atoms with Crippen LogP contribution in [0, 0.1) is 0 Å². The van der Waals surface area contributed by atoms with Crippen LogP contribution in [-0.4, -0.2) is 43.1 Å².